The Hall–Kier alpha value is -3.88. The van der Waals surface area contributed by atoms with E-state index in [4.69, 9.17) is 5.10 Å². The molecule has 200 valence electrons. The van der Waals surface area contributed by atoms with Crippen LogP contribution in [0.2, 0.25) is 0 Å². The van der Waals surface area contributed by atoms with Crippen molar-refractivity contribution in [2.45, 2.75) is 39.8 Å². The van der Waals surface area contributed by atoms with Gasteiger partial charge in [-0.25, -0.2) is 4.98 Å². The van der Waals surface area contributed by atoms with Crippen LogP contribution < -0.4 is 0 Å². The predicted molar refractivity (Wildman–Crippen MR) is 153 cm³/mol. The van der Waals surface area contributed by atoms with Crippen LogP contribution in [0.3, 0.4) is 0 Å². The van der Waals surface area contributed by atoms with Crippen LogP contribution in [0, 0.1) is 6.92 Å². The van der Waals surface area contributed by atoms with E-state index in [1.54, 1.807) is 6.20 Å². The van der Waals surface area contributed by atoms with E-state index >= 15 is 0 Å². The number of fused-ring (bicyclic) bond motifs is 2. The number of carbonyl (C=O) groups is 1. The van der Waals surface area contributed by atoms with Crippen molar-refractivity contribution in [3.8, 4) is 0 Å². The summed E-state index contributed by atoms with van der Waals surface area (Å²) in [5.74, 6) is 0.0528. The maximum absolute atomic E-state index is 13.6. The summed E-state index contributed by atoms with van der Waals surface area (Å²) >= 11 is 0. The van der Waals surface area contributed by atoms with Crippen LogP contribution in [0.25, 0.3) is 16.6 Å². The Morgan fingerprint density at radius 1 is 1.00 bits per heavy atom. The lowest BCUT2D eigenvalue weighted by atomic mass is 10.0. The van der Waals surface area contributed by atoms with Crippen LogP contribution in [-0.2, 0) is 25.9 Å². The monoisotopic (exact) mass is 521 g/mol. The van der Waals surface area contributed by atoms with Crippen LogP contribution in [0.15, 0.2) is 60.9 Å². The molecule has 5 heterocycles. The molecule has 6 rings (SSSR count). The highest BCUT2D eigenvalue weighted by atomic mass is 16.1. The number of imidazole rings is 1. The van der Waals surface area contributed by atoms with Crippen LogP contribution in [-0.4, -0.2) is 73.0 Å². The first-order chi connectivity index (χ1) is 19.0. The number of Topliss-reactive ketones (excluding diaryl/α,β-unsaturated/α-hetero) is 1. The number of aromatic nitrogens is 5. The molecular formula is C31H35N7O. The van der Waals surface area contributed by atoms with Crippen LogP contribution in [0.5, 0.6) is 0 Å². The molecule has 0 unspecified atom stereocenters. The minimum atomic E-state index is 0.0528. The summed E-state index contributed by atoms with van der Waals surface area (Å²) in [6, 6.07) is 16.4. The lowest BCUT2D eigenvalue weighted by Crippen LogP contribution is -2.43. The molecule has 0 saturated carbocycles. The van der Waals surface area contributed by atoms with E-state index < -0.39 is 0 Å². The highest BCUT2D eigenvalue weighted by Gasteiger charge is 2.19. The summed E-state index contributed by atoms with van der Waals surface area (Å²) in [4.78, 5) is 27.7. The van der Waals surface area contributed by atoms with Gasteiger partial charge in [0.1, 0.15) is 11.3 Å². The molecule has 0 aliphatic carbocycles. The molecular weight excluding hydrogens is 486 g/mol. The predicted octanol–water partition coefficient (Wildman–Crippen LogP) is 4.17. The molecule has 0 amide bonds. The summed E-state index contributed by atoms with van der Waals surface area (Å²) in [6.07, 6.45) is 4.80. The molecule has 8 heteroatoms. The average molecular weight is 522 g/mol. The van der Waals surface area contributed by atoms with Gasteiger partial charge in [0.25, 0.3) is 0 Å². The van der Waals surface area contributed by atoms with Crippen molar-refractivity contribution in [1.29, 1.82) is 0 Å². The van der Waals surface area contributed by atoms with Gasteiger partial charge in [-0.15, -0.1) is 0 Å². The highest BCUT2D eigenvalue weighted by Crippen LogP contribution is 2.26. The Kier molecular flexibility index (Phi) is 6.97. The first-order valence-electron chi connectivity index (χ1n) is 13.8. The minimum absolute atomic E-state index is 0.0528. The Morgan fingerprint density at radius 2 is 1.82 bits per heavy atom. The molecule has 39 heavy (non-hydrogen) atoms. The molecule has 1 aliphatic heterocycles. The number of ketones is 1. The number of aryl methyl sites for hydroxylation is 2. The molecule has 5 aromatic rings. The second-order valence-electron chi connectivity index (χ2n) is 10.6. The number of likely N-dealkylation sites (N-methyl/N-ethyl adjacent to an activating group) is 1. The van der Waals surface area contributed by atoms with E-state index in [0.29, 0.717) is 18.7 Å². The van der Waals surface area contributed by atoms with Crippen molar-refractivity contribution in [3.05, 3.63) is 94.8 Å². The average Bonchev–Trinajstić information content (AvgIpc) is 3.52. The Morgan fingerprint density at radius 3 is 2.62 bits per heavy atom. The maximum Gasteiger partial charge on any atom is 0.185 e. The summed E-state index contributed by atoms with van der Waals surface area (Å²) < 4.78 is 3.93. The Labute approximate surface area is 228 Å². The molecule has 0 spiro atoms. The molecule has 8 nitrogen and oxygen atoms in total. The quantitative estimate of drug-likeness (QED) is 0.286. The first-order valence-corrected chi connectivity index (χ1v) is 13.8. The maximum atomic E-state index is 13.6. The van der Waals surface area contributed by atoms with Crippen LogP contribution in [0.4, 0.5) is 0 Å². The smallest absolute Gasteiger partial charge is 0.185 e. The van der Waals surface area contributed by atoms with Crippen LogP contribution >= 0.6 is 0 Å². The third-order valence-corrected chi connectivity index (χ3v) is 7.75. The lowest BCUT2D eigenvalue weighted by molar-refractivity contribution is 0.0987. The molecule has 0 atom stereocenters. The van der Waals surface area contributed by atoms with Gasteiger partial charge >= 0.3 is 0 Å². The SMILES string of the molecule is CCc1nn(Cc2cccc(C)n2)c2cccc(CC(=O)c3cnc4cc(CN5CCN(C)CC5)ccn34)c12. The van der Waals surface area contributed by atoms with Crippen molar-refractivity contribution < 1.29 is 4.79 Å². The van der Waals surface area contributed by atoms with Gasteiger partial charge < -0.3 is 4.90 Å². The van der Waals surface area contributed by atoms with Crippen molar-refractivity contribution in [2.75, 3.05) is 33.2 Å². The van der Waals surface area contributed by atoms with Crippen molar-refractivity contribution >= 4 is 22.3 Å². The molecule has 1 fully saturated rings. The zero-order chi connectivity index (χ0) is 26.9. The number of hydrogen-bond acceptors (Lipinski definition) is 6. The van der Waals surface area contributed by atoms with Crippen LogP contribution in [0.1, 0.15) is 45.6 Å². The van der Waals surface area contributed by atoms with Gasteiger partial charge in [0.2, 0.25) is 0 Å². The van der Waals surface area contributed by atoms with Gasteiger partial charge in [-0.1, -0.05) is 25.1 Å². The van der Waals surface area contributed by atoms with Gasteiger partial charge in [0.15, 0.2) is 5.78 Å². The summed E-state index contributed by atoms with van der Waals surface area (Å²) in [7, 11) is 2.17. The summed E-state index contributed by atoms with van der Waals surface area (Å²) in [5, 5.41) is 5.99. The third kappa shape index (κ3) is 5.22. The highest BCUT2D eigenvalue weighted by molar-refractivity contribution is 5.99. The van der Waals surface area contributed by atoms with Gasteiger partial charge in [0, 0.05) is 56.4 Å². The molecule has 0 radical (unpaired) electrons. The van der Waals surface area contributed by atoms with E-state index in [9.17, 15) is 4.79 Å². The fraction of sp³-hybridized carbons (Fsp3) is 0.355. The van der Waals surface area contributed by atoms with E-state index in [0.717, 1.165) is 78.3 Å². The minimum Gasteiger partial charge on any atom is -0.304 e. The van der Waals surface area contributed by atoms with E-state index in [2.05, 4.69) is 51.9 Å². The van der Waals surface area contributed by atoms with Gasteiger partial charge in [-0.05, 0) is 61.9 Å². The Bertz CT molecular complexity index is 1640. The third-order valence-electron chi connectivity index (χ3n) is 7.75. The van der Waals surface area contributed by atoms with E-state index in [1.165, 1.54) is 5.56 Å². The van der Waals surface area contributed by atoms with Gasteiger partial charge in [-0.3, -0.25) is 23.8 Å². The van der Waals surface area contributed by atoms with Gasteiger partial charge in [0.05, 0.1) is 29.6 Å². The zero-order valence-electron chi connectivity index (χ0n) is 23.0. The molecule has 1 aromatic carbocycles. The van der Waals surface area contributed by atoms with E-state index in [-0.39, 0.29) is 5.78 Å². The number of carbonyl (C=O) groups excluding carboxylic acids is 1. The molecule has 0 N–H and O–H groups in total. The molecule has 1 aliphatic rings. The van der Waals surface area contributed by atoms with E-state index in [1.807, 2.05) is 52.5 Å². The molecule has 0 bridgehead atoms. The standard InChI is InChI=1S/C31H35N7O/c1-4-26-31-24(8-6-10-27(31)38(34-26)21-25-9-5-7-22(2)33-25)18-29(39)28-19-32-30-17-23(11-12-37(28)30)20-36-15-13-35(3)14-16-36/h5-12,17,19H,4,13-16,18,20-21H2,1-3H3. The molecule has 4 aromatic heterocycles. The number of benzene rings is 1. The summed E-state index contributed by atoms with van der Waals surface area (Å²) in [6.45, 7) is 9.95. The second kappa shape index (κ2) is 10.7. The number of piperazine rings is 1. The fourth-order valence-electron chi connectivity index (χ4n) is 5.60. The number of nitrogens with zero attached hydrogens (tertiary/aromatic N) is 7. The second-order valence-corrected chi connectivity index (χ2v) is 10.6. The normalized spacial score (nSPS) is 14.9. The number of hydrogen-bond donors (Lipinski definition) is 0. The van der Waals surface area contributed by atoms with Crippen molar-refractivity contribution in [2.24, 2.45) is 0 Å². The Balaban J connectivity index is 1.25. The largest absolute Gasteiger partial charge is 0.304 e. The zero-order valence-corrected chi connectivity index (χ0v) is 23.0. The number of rotatable bonds is 8. The van der Waals surface area contributed by atoms with Crippen molar-refractivity contribution in [1.82, 2.24) is 33.9 Å². The van der Waals surface area contributed by atoms with Crippen molar-refractivity contribution in [3.63, 3.8) is 0 Å². The molecule has 1 saturated heterocycles. The lowest BCUT2D eigenvalue weighted by Gasteiger charge is -2.32. The topological polar surface area (TPSA) is 71.6 Å². The first kappa shape index (κ1) is 25.4. The number of pyridine rings is 2. The summed E-state index contributed by atoms with van der Waals surface area (Å²) in [5.41, 5.74) is 7.66. The fourth-order valence-corrected chi connectivity index (χ4v) is 5.60. The van der Waals surface area contributed by atoms with Gasteiger partial charge in [-0.2, -0.15) is 5.10 Å².